The van der Waals surface area contributed by atoms with Crippen LogP contribution in [0.2, 0.25) is 0 Å². The maximum atomic E-state index is 14.4. The zero-order chi connectivity index (χ0) is 21.4. The molecule has 2 rings (SSSR count). The maximum Gasteiger partial charge on any atom is 0.327 e. The average Bonchev–Trinajstić information content (AvgIpc) is 2.71. The molecule has 7 nitrogen and oxygen atoms in total. The van der Waals surface area contributed by atoms with Gasteiger partial charge in [0.25, 0.3) is 0 Å². The topological polar surface area (TPSA) is 63.3 Å². The Bertz CT molecular complexity index is 682. The van der Waals surface area contributed by atoms with E-state index in [0.29, 0.717) is 19.8 Å². The summed E-state index contributed by atoms with van der Waals surface area (Å²) in [7, 11) is 1.65. The number of esters is 1. The average molecular weight is 415 g/mol. The molecule has 1 aliphatic rings. The highest BCUT2D eigenvalue weighted by atomic mass is 19.2. The number of benzene rings is 1. The van der Waals surface area contributed by atoms with E-state index in [1.54, 1.807) is 27.8 Å². The number of halogens is 2. The minimum Gasteiger partial charge on any atom is -0.489 e. The van der Waals surface area contributed by atoms with Crippen LogP contribution in [0.5, 0.6) is 5.75 Å². The van der Waals surface area contributed by atoms with Gasteiger partial charge in [-0.15, -0.1) is 0 Å². The van der Waals surface area contributed by atoms with Gasteiger partial charge in [0.1, 0.15) is 12.1 Å². The third kappa shape index (κ3) is 6.33. The first kappa shape index (κ1) is 23.5. The van der Waals surface area contributed by atoms with Crippen LogP contribution in [0.25, 0.3) is 0 Å². The molecule has 1 saturated heterocycles. The highest BCUT2D eigenvalue weighted by molar-refractivity contribution is 5.79. The molecular weight excluding hydrogens is 384 g/mol. The molecule has 1 heterocycles. The van der Waals surface area contributed by atoms with Crippen LogP contribution in [0, 0.1) is 11.6 Å². The smallest absolute Gasteiger partial charge is 0.327 e. The number of rotatable bonds is 10. The molecule has 0 aliphatic carbocycles. The van der Waals surface area contributed by atoms with Crippen molar-refractivity contribution in [2.45, 2.75) is 32.9 Å². The summed E-state index contributed by atoms with van der Waals surface area (Å²) in [6.45, 7) is 9.22. The Hall–Kier alpha value is -1.81. The molecule has 1 aromatic carbocycles. The molecule has 0 spiro atoms. The van der Waals surface area contributed by atoms with Gasteiger partial charge in [-0.05, 0) is 26.8 Å². The van der Waals surface area contributed by atoms with E-state index in [9.17, 15) is 13.6 Å². The lowest BCUT2D eigenvalue weighted by Gasteiger charge is -2.33. The standard InChI is InChI=1S/C20H31F2N3O4/c1-5-28-19(26)20(2,3)24(4)23-14-15-6-7-16(18(22)17(15)21)29-13-10-25-8-11-27-12-9-25/h6-7,23H,5,8-14H2,1-4H3. The first-order valence-electron chi connectivity index (χ1n) is 9.81. The van der Waals surface area contributed by atoms with Gasteiger partial charge in [-0.25, -0.2) is 14.8 Å². The predicted octanol–water partition coefficient (Wildman–Crippen LogP) is 1.95. The number of carbonyl (C=O) groups is 1. The summed E-state index contributed by atoms with van der Waals surface area (Å²) >= 11 is 0. The van der Waals surface area contributed by atoms with Crippen LogP contribution in [0.15, 0.2) is 12.1 Å². The second-order valence-electron chi connectivity index (χ2n) is 7.33. The Kier molecular flexibility index (Phi) is 8.76. The summed E-state index contributed by atoms with van der Waals surface area (Å²) in [5, 5.41) is 1.52. The number of likely N-dealkylation sites (N-methyl/N-ethyl adjacent to an activating group) is 1. The summed E-state index contributed by atoms with van der Waals surface area (Å²) in [5.74, 6) is -2.51. The van der Waals surface area contributed by atoms with Crippen LogP contribution < -0.4 is 10.2 Å². The summed E-state index contributed by atoms with van der Waals surface area (Å²) in [5.41, 5.74) is 2.09. The number of carbonyl (C=O) groups excluding carboxylic acids is 1. The maximum absolute atomic E-state index is 14.4. The van der Waals surface area contributed by atoms with Gasteiger partial charge in [-0.2, -0.15) is 4.39 Å². The van der Waals surface area contributed by atoms with Gasteiger partial charge in [-0.3, -0.25) is 9.69 Å². The van der Waals surface area contributed by atoms with E-state index < -0.39 is 23.1 Å². The number of nitrogens with one attached hydrogen (secondary N) is 1. The second kappa shape index (κ2) is 10.8. The van der Waals surface area contributed by atoms with Gasteiger partial charge in [0.2, 0.25) is 5.82 Å². The lowest BCUT2D eigenvalue weighted by atomic mass is 10.1. The van der Waals surface area contributed by atoms with Crippen molar-refractivity contribution in [3.63, 3.8) is 0 Å². The number of hydrazine groups is 1. The number of morpholine rings is 1. The van der Waals surface area contributed by atoms with Crippen molar-refractivity contribution in [2.24, 2.45) is 0 Å². The molecular formula is C20H31F2N3O4. The van der Waals surface area contributed by atoms with Gasteiger partial charge in [0, 0.05) is 38.8 Å². The summed E-state index contributed by atoms with van der Waals surface area (Å²) in [6.07, 6.45) is 0. The van der Waals surface area contributed by atoms with E-state index in [0.717, 1.165) is 13.1 Å². The molecule has 0 saturated carbocycles. The zero-order valence-electron chi connectivity index (χ0n) is 17.6. The molecule has 164 valence electrons. The molecule has 0 amide bonds. The van der Waals surface area contributed by atoms with Crippen molar-refractivity contribution < 1.29 is 27.8 Å². The van der Waals surface area contributed by atoms with Gasteiger partial charge in [0.05, 0.1) is 19.8 Å². The Morgan fingerprint density at radius 2 is 1.97 bits per heavy atom. The molecule has 0 atom stereocenters. The third-order valence-electron chi connectivity index (χ3n) is 5.02. The third-order valence-corrected chi connectivity index (χ3v) is 5.02. The van der Waals surface area contributed by atoms with Crippen molar-refractivity contribution in [1.29, 1.82) is 0 Å². The van der Waals surface area contributed by atoms with Crippen LogP contribution >= 0.6 is 0 Å². The monoisotopic (exact) mass is 415 g/mol. The lowest BCUT2D eigenvalue weighted by Crippen LogP contribution is -2.54. The van der Waals surface area contributed by atoms with Gasteiger partial charge in [-0.1, -0.05) is 6.07 Å². The Balaban J connectivity index is 1.90. The SMILES string of the molecule is CCOC(=O)C(C)(C)N(C)NCc1ccc(OCCN2CCOCC2)c(F)c1F. The summed E-state index contributed by atoms with van der Waals surface area (Å²) < 4.78 is 44.5. The van der Waals surface area contributed by atoms with Crippen LogP contribution in [0.4, 0.5) is 8.78 Å². The molecule has 9 heteroatoms. The number of ether oxygens (including phenoxy) is 3. The first-order chi connectivity index (χ1) is 13.8. The lowest BCUT2D eigenvalue weighted by molar-refractivity contribution is -0.157. The Morgan fingerprint density at radius 1 is 1.28 bits per heavy atom. The molecule has 0 unspecified atom stereocenters. The summed E-state index contributed by atoms with van der Waals surface area (Å²) in [4.78, 5) is 14.2. The van der Waals surface area contributed by atoms with E-state index >= 15 is 0 Å². The van der Waals surface area contributed by atoms with Crippen LogP contribution in [-0.4, -0.2) is 74.5 Å². The van der Waals surface area contributed by atoms with Crippen LogP contribution in [-0.2, 0) is 20.8 Å². The number of hydrogen-bond acceptors (Lipinski definition) is 7. The fraction of sp³-hybridized carbons (Fsp3) is 0.650. The zero-order valence-corrected chi connectivity index (χ0v) is 17.6. The van der Waals surface area contributed by atoms with Gasteiger partial charge >= 0.3 is 5.97 Å². The van der Waals surface area contributed by atoms with Crippen LogP contribution in [0.3, 0.4) is 0 Å². The highest BCUT2D eigenvalue weighted by Crippen LogP contribution is 2.23. The second-order valence-corrected chi connectivity index (χ2v) is 7.33. The fourth-order valence-electron chi connectivity index (χ4n) is 2.78. The minimum absolute atomic E-state index is 0.0101. The predicted molar refractivity (Wildman–Crippen MR) is 104 cm³/mol. The van der Waals surface area contributed by atoms with Crippen molar-refractivity contribution in [2.75, 3.05) is 53.1 Å². The number of hydrogen-bond donors (Lipinski definition) is 1. The van der Waals surface area contributed by atoms with Gasteiger partial charge in [0.15, 0.2) is 11.6 Å². The minimum atomic E-state index is -1.02. The van der Waals surface area contributed by atoms with E-state index in [1.807, 2.05) is 0 Å². The molecule has 0 aromatic heterocycles. The van der Waals surface area contributed by atoms with Crippen LogP contribution in [0.1, 0.15) is 26.3 Å². The highest BCUT2D eigenvalue weighted by Gasteiger charge is 2.34. The number of nitrogens with zero attached hydrogens (tertiary/aromatic N) is 2. The largest absolute Gasteiger partial charge is 0.489 e. The molecule has 29 heavy (non-hydrogen) atoms. The van der Waals surface area contributed by atoms with E-state index in [-0.39, 0.29) is 31.1 Å². The molecule has 1 fully saturated rings. The van der Waals surface area contributed by atoms with Crippen molar-refractivity contribution in [3.05, 3.63) is 29.3 Å². The quantitative estimate of drug-likeness (QED) is 0.463. The molecule has 1 N–H and O–H groups in total. The Labute approximate surface area is 170 Å². The van der Waals surface area contributed by atoms with Crippen molar-refractivity contribution in [3.8, 4) is 5.75 Å². The van der Waals surface area contributed by atoms with E-state index in [4.69, 9.17) is 14.2 Å². The normalized spacial score (nSPS) is 15.6. The Morgan fingerprint density at radius 3 is 2.62 bits per heavy atom. The molecule has 1 aliphatic heterocycles. The first-order valence-corrected chi connectivity index (χ1v) is 9.81. The van der Waals surface area contributed by atoms with Gasteiger partial charge < -0.3 is 14.2 Å². The van der Waals surface area contributed by atoms with Crippen molar-refractivity contribution >= 4 is 5.97 Å². The van der Waals surface area contributed by atoms with Crippen molar-refractivity contribution in [1.82, 2.24) is 15.3 Å². The summed E-state index contributed by atoms with van der Waals surface area (Å²) in [6, 6.07) is 2.89. The molecule has 0 radical (unpaired) electrons. The molecule has 0 bridgehead atoms. The molecule has 1 aromatic rings. The fourth-order valence-corrected chi connectivity index (χ4v) is 2.78. The van der Waals surface area contributed by atoms with E-state index in [2.05, 4.69) is 10.3 Å². The van der Waals surface area contributed by atoms with E-state index in [1.165, 1.54) is 17.1 Å².